The lowest BCUT2D eigenvalue weighted by Crippen LogP contribution is -2.12. The Balaban J connectivity index is 1.34. The summed E-state index contributed by atoms with van der Waals surface area (Å²) in [6, 6.07) is 28.7. The van der Waals surface area contributed by atoms with Crippen LogP contribution >= 0.6 is 0 Å². The van der Waals surface area contributed by atoms with Crippen LogP contribution in [-0.2, 0) is 0 Å². The maximum atomic E-state index is 13.1. The van der Waals surface area contributed by atoms with Crippen LogP contribution in [0, 0.1) is 0 Å². The first-order chi connectivity index (χ1) is 16.8. The highest BCUT2D eigenvalue weighted by Crippen LogP contribution is 2.25. The molecule has 3 heterocycles. The second-order valence-electron chi connectivity index (χ2n) is 7.81. The Hall–Kier alpha value is -4.91. The first-order valence-electron chi connectivity index (χ1n) is 10.8. The van der Waals surface area contributed by atoms with Gasteiger partial charge in [-0.1, -0.05) is 48.5 Å². The molecule has 6 rings (SSSR count). The molecule has 0 saturated heterocycles. The van der Waals surface area contributed by atoms with Gasteiger partial charge in [-0.05, 0) is 53.2 Å². The van der Waals surface area contributed by atoms with Crippen molar-refractivity contribution in [3.63, 3.8) is 0 Å². The Morgan fingerprint density at radius 2 is 1.59 bits per heavy atom. The van der Waals surface area contributed by atoms with Crippen molar-refractivity contribution in [1.82, 2.24) is 24.8 Å². The minimum Gasteiger partial charge on any atom is -0.322 e. The average Bonchev–Trinajstić information content (AvgIpc) is 3.32. The normalized spacial score (nSPS) is 11.1. The summed E-state index contributed by atoms with van der Waals surface area (Å²) in [5.41, 5.74) is 4.46. The summed E-state index contributed by atoms with van der Waals surface area (Å²) in [5, 5.41) is 18.2. The highest BCUT2D eigenvalue weighted by molar-refractivity contribution is 6.13. The number of carbonyl (C=O) groups is 1. The van der Waals surface area contributed by atoms with E-state index in [0.717, 1.165) is 27.6 Å². The van der Waals surface area contributed by atoms with Crippen LogP contribution in [0.25, 0.3) is 39.1 Å². The molecule has 0 bridgehead atoms. The standard InChI is InChI=1S/C27H18N6O/c34-27(23-10-4-6-18-5-1-2-9-22(18)23)29-21-8-3-7-20(17-21)24-11-12-25-30-31-26(33(25)32-24)19-13-15-28-16-14-19/h1-17H,(H,29,34). The minimum absolute atomic E-state index is 0.156. The molecule has 0 aliphatic heterocycles. The quantitative estimate of drug-likeness (QED) is 0.403. The minimum atomic E-state index is -0.156. The molecular weight excluding hydrogens is 424 g/mol. The van der Waals surface area contributed by atoms with Gasteiger partial charge in [0.05, 0.1) is 5.69 Å². The number of hydrogen-bond acceptors (Lipinski definition) is 5. The third kappa shape index (κ3) is 3.55. The van der Waals surface area contributed by atoms with Crippen molar-refractivity contribution in [2.24, 2.45) is 0 Å². The number of aromatic nitrogens is 5. The van der Waals surface area contributed by atoms with Crippen molar-refractivity contribution in [1.29, 1.82) is 0 Å². The van der Waals surface area contributed by atoms with Crippen LogP contribution in [0.2, 0.25) is 0 Å². The lowest BCUT2D eigenvalue weighted by atomic mass is 10.0. The topological polar surface area (TPSA) is 85.1 Å². The van der Waals surface area contributed by atoms with Crippen molar-refractivity contribution in [3.8, 4) is 22.6 Å². The van der Waals surface area contributed by atoms with E-state index in [-0.39, 0.29) is 5.91 Å². The maximum Gasteiger partial charge on any atom is 0.256 e. The molecule has 34 heavy (non-hydrogen) atoms. The third-order valence-corrected chi connectivity index (χ3v) is 5.65. The van der Waals surface area contributed by atoms with Crippen LogP contribution < -0.4 is 5.32 Å². The van der Waals surface area contributed by atoms with Gasteiger partial charge >= 0.3 is 0 Å². The van der Waals surface area contributed by atoms with E-state index in [0.29, 0.717) is 22.7 Å². The molecule has 162 valence electrons. The third-order valence-electron chi connectivity index (χ3n) is 5.65. The maximum absolute atomic E-state index is 13.1. The molecule has 0 aliphatic carbocycles. The average molecular weight is 442 g/mol. The number of nitrogens with one attached hydrogen (secondary N) is 1. The largest absolute Gasteiger partial charge is 0.322 e. The van der Waals surface area contributed by atoms with Gasteiger partial charge in [0.25, 0.3) is 5.91 Å². The Morgan fingerprint density at radius 3 is 2.50 bits per heavy atom. The summed E-state index contributed by atoms with van der Waals surface area (Å²) in [6.07, 6.45) is 3.42. The van der Waals surface area contributed by atoms with Crippen LogP contribution in [0.1, 0.15) is 10.4 Å². The smallest absolute Gasteiger partial charge is 0.256 e. The molecule has 0 spiro atoms. The number of nitrogens with zero attached hydrogens (tertiary/aromatic N) is 5. The van der Waals surface area contributed by atoms with Gasteiger partial charge in [0.15, 0.2) is 11.5 Å². The van der Waals surface area contributed by atoms with Gasteiger partial charge in [-0.2, -0.15) is 9.61 Å². The molecule has 1 amide bonds. The van der Waals surface area contributed by atoms with Gasteiger partial charge in [-0.15, -0.1) is 10.2 Å². The second kappa shape index (κ2) is 8.22. The molecule has 1 N–H and O–H groups in total. The van der Waals surface area contributed by atoms with Crippen molar-refractivity contribution in [2.45, 2.75) is 0 Å². The Bertz CT molecular complexity index is 1650. The predicted molar refractivity (Wildman–Crippen MR) is 131 cm³/mol. The van der Waals surface area contributed by atoms with Gasteiger partial charge < -0.3 is 5.32 Å². The van der Waals surface area contributed by atoms with Gasteiger partial charge in [0.2, 0.25) is 0 Å². The number of carbonyl (C=O) groups excluding carboxylic acids is 1. The molecule has 7 heteroatoms. The molecule has 6 aromatic rings. The van der Waals surface area contributed by atoms with Crippen LogP contribution in [0.4, 0.5) is 5.69 Å². The zero-order valence-electron chi connectivity index (χ0n) is 18.0. The zero-order chi connectivity index (χ0) is 22.9. The van der Waals surface area contributed by atoms with Crippen molar-refractivity contribution in [3.05, 3.63) is 109 Å². The van der Waals surface area contributed by atoms with E-state index in [9.17, 15) is 4.79 Å². The summed E-state index contributed by atoms with van der Waals surface area (Å²) in [5.74, 6) is 0.482. The van der Waals surface area contributed by atoms with E-state index in [1.807, 2.05) is 91.0 Å². The fraction of sp³-hybridized carbons (Fsp3) is 0. The lowest BCUT2D eigenvalue weighted by Gasteiger charge is -2.10. The van der Waals surface area contributed by atoms with E-state index in [1.54, 1.807) is 16.9 Å². The molecule has 0 radical (unpaired) electrons. The predicted octanol–water partition coefficient (Wildman–Crippen LogP) is 5.26. The number of rotatable bonds is 4. The molecule has 3 aromatic heterocycles. The summed E-state index contributed by atoms with van der Waals surface area (Å²) in [7, 11) is 0. The molecule has 7 nitrogen and oxygen atoms in total. The number of amides is 1. The molecule has 0 saturated carbocycles. The van der Waals surface area contributed by atoms with Gasteiger partial charge in [0.1, 0.15) is 0 Å². The van der Waals surface area contributed by atoms with Gasteiger partial charge in [0, 0.05) is 34.8 Å². The second-order valence-corrected chi connectivity index (χ2v) is 7.81. The van der Waals surface area contributed by atoms with Crippen molar-refractivity contribution >= 4 is 28.0 Å². The summed E-state index contributed by atoms with van der Waals surface area (Å²) in [6.45, 7) is 0. The van der Waals surface area contributed by atoms with E-state index >= 15 is 0 Å². The Morgan fingerprint density at radius 1 is 0.765 bits per heavy atom. The molecule has 0 unspecified atom stereocenters. The summed E-state index contributed by atoms with van der Waals surface area (Å²) in [4.78, 5) is 17.1. The number of fused-ring (bicyclic) bond motifs is 2. The lowest BCUT2D eigenvalue weighted by molar-refractivity contribution is 0.102. The van der Waals surface area contributed by atoms with Crippen LogP contribution in [0.3, 0.4) is 0 Å². The Kier molecular flexibility index (Phi) is 4.77. The van der Waals surface area contributed by atoms with E-state index in [4.69, 9.17) is 5.10 Å². The molecule has 0 aliphatic rings. The SMILES string of the molecule is O=C(Nc1cccc(-c2ccc3nnc(-c4ccncc4)n3n2)c1)c1cccc2ccccc12. The molecule has 3 aromatic carbocycles. The fourth-order valence-electron chi connectivity index (χ4n) is 4.00. The fourth-order valence-corrected chi connectivity index (χ4v) is 4.00. The Labute approximate surface area is 194 Å². The van der Waals surface area contributed by atoms with E-state index in [1.165, 1.54) is 0 Å². The first kappa shape index (κ1) is 19.8. The number of anilines is 1. The number of benzene rings is 3. The summed E-state index contributed by atoms with van der Waals surface area (Å²) >= 11 is 0. The highest BCUT2D eigenvalue weighted by atomic mass is 16.1. The van der Waals surface area contributed by atoms with E-state index < -0.39 is 0 Å². The summed E-state index contributed by atoms with van der Waals surface area (Å²) < 4.78 is 1.71. The van der Waals surface area contributed by atoms with Gasteiger partial charge in [-0.3, -0.25) is 9.78 Å². The van der Waals surface area contributed by atoms with Crippen LogP contribution in [0.5, 0.6) is 0 Å². The highest BCUT2D eigenvalue weighted by Gasteiger charge is 2.13. The van der Waals surface area contributed by atoms with E-state index in [2.05, 4.69) is 20.5 Å². The molecule has 0 atom stereocenters. The monoisotopic (exact) mass is 442 g/mol. The molecule has 0 fully saturated rings. The van der Waals surface area contributed by atoms with Crippen molar-refractivity contribution < 1.29 is 4.79 Å². The number of hydrogen-bond donors (Lipinski definition) is 1. The number of pyridine rings is 1. The van der Waals surface area contributed by atoms with Crippen LogP contribution in [0.15, 0.2) is 103 Å². The van der Waals surface area contributed by atoms with Crippen molar-refractivity contribution in [2.75, 3.05) is 5.32 Å². The molecular formula is C27H18N6O. The first-order valence-corrected chi connectivity index (χ1v) is 10.8. The zero-order valence-corrected chi connectivity index (χ0v) is 18.0. The van der Waals surface area contributed by atoms with Gasteiger partial charge in [-0.25, -0.2) is 0 Å². The van der Waals surface area contributed by atoms with Crippen LogP contribution in [-0.4, -0.2) is 30.7 Å².